The average Bonchev–Trinajstić information content (AvgIpc) is 3.16. The first-order chi connectivity index (χ1) is 13.0. The van der Waals surface area contributed by atoms with E-state index >= 15 is 0 Å². The van der Waals surface area contributed by atoms with Crippen molar-refractivity contribution in [1.29, 1.82) is 0 Å². The van der Waals surface area contributed by atoms with E-state index in [2.05, 4.69) is 10.2 Å². The second kappa shape index (κ2) is 8.72. The smallest absolute Gasteiger partial charge is 0.251 e. The molecule has 1 aliphatic rings. The van der Waals surface area contributed by atoms with Crippen LogP contribution in [0.3, 0.4) is 0 Å². The Morgan fingerprint density at radius 3 is 2.59 bits per heavy atom. The minimum Gasteiger partial charge on any atom is -0.375 e. The van der Waals surface area contributed by atoms with Gasteiger partial charge in [0.25, 0.3) is 5.91 Å². The second-order valence-electron chi connectivity index (χ2n) is 7.08. The molecule has 1 unspecified atom stereocenters. The fourth-order valence-corrected chi connectivity index (χ4v) is 3.73. The fourth-order valence-electron chi connectivity index (χ4n) is 3.53. The Kier molecular flexibility index (Phi) is 6.34. The zero-order chi connectivity index (χ0) is 19.4. The number of nitrogens with one attached hydrogen (secondary N) is 1. The van der Waals surface area contributed by atoms with Gasteiger partial charge in [0.15, 0.2) is 0 Å². The van der Waals surface area contributed by atoms with Gasteiger partial charge < -0.3 is 10.2 Å². The van der Waals surface area contributed by atoms with Crippen molar-refractivity contribution in [2.75, 3.05) is 38.6 Å². The summed E-state index contributed by atoms with van der Waals surface area (Å²) in [5, 5.41) is 3.65. The largest absolute Gasteiger partial charge is 0.375 e. The van der Waals surface area contributed by atoms with E-state index in [1.54, 1.807) is 31.1 Å². The van der Waals surface area contributed by atoms with Crippen LogP contribution in [0.1, 0.15) is 34.8 Å². The molecule has 1 heterocycles. The number of anilines is 1. The van der Waals surface area contributed by atoms with E-state index in [0.29, 0.717) is 22.8 Å². The number of likely N-dealkylation sites (tertiary alicyclic amines) is 1. The standard InChI is InChI=1S/C21H25ClFN3O/c1-25(2)19-9-8-16(13-18(19)23)21(27)24-14-20(26-10-3-4-11-26)15-6-5-7-17(22)12-15/h5-9,12-13,20H,3-4,10-11,14H2,1-2H3,(H,24,27). The SMILES string of the molecule is CN(C)c1ccc(C(=O)NCC(c2cccc(Cl)c2)N2CCCC2)cc1F. The van der Waals surface area contributed by atoms with E-state index in [4.69, 9.17) is 11.6 Å². The molecule has 0 saturated carbocycles. The molecule has 1 atom stereocenters. The van der Waals surface area contributed by atoms with Crippen molar-refractivity contribution in [1.82, 2.24) is 10.2 Å². The van der Waals surface area contributed by atoms with E-state index in [-0.39, 0.29) is 11.9 Å². The minimum absolute atomic E-state index is 0.0565. The Bertz CT molecular complexity index is 806. The quantitative estimate of drug-likeness (QED) is 0.807. The first kappa shape index (κ1) is 19.6. The zero-order valence-corrected chi connectivity index (χ0v) is 16.5. The molecule has 6 heteroatoms. The van der Waals surface area contributed by atoms with Crippen molar-refractivity contribution >= 4 is 23.2 Å². The molecule has 0 aromatic heterocycles. The molecular weight excluding hydrogens is 365 g/mol. The monoisotopic (exact) mass is 389 g/mol. The van der Waals surface area contributed by atoms with Crippen LogP contribution in [0.25, 0.3) is 0 Å². The zero-order valence-electron chi connectivity index (χ0n) is 15.7. The third kappa shape index (κ3) is 4.79. The maximum Gasteiger partial charge on any atom is 0.251 e. The molecule has 0 radical (unpaired) electrons. The number of rotatable bonds is 6. The van der Waals surface area contributed by atoms with E-state index in [1.165, 1.54) is 6.07 Å². The van der Waals surface area contributed by atoms with Gasteiger partial charge in [0.1, 0.15) is 5.82 Å². The highest BCUT2D eigenvalue weighted by Gasteiger charge is 2.24. The number of amides is 1. The van der Waals surface area contributed by atoms with Gasteiger partial charge in [-0.15, -0.1) is 0 Å². The first-order valence-corrected chi connectivity index (χ1v) is 9.58. The fraction of sp³-hybridized carbons (Fsp3) is 0.381. The van der Waals surface area contributed by atoms with Crippen LogP contribution in [-0.2, 0) is 0 Å². The van der Waals surface area contributed by atoms with Crippen molar-refractivity contribution in [2.24, 2.45) is 0 Å². The lowest BCUT2D eigenvalue weighted by molar-refractivity contribution is 0.0937. The van der Waals surface area contributed by atoms with Gasteiger partial charge in [-0.3, -0.25) is 9.69 Å². The van der Waals surface area contributed by atoms with Crippen LogP contribution in [0.2, 0.25) is 5.02 Å². The molecule has 0 bridgehead atoms. The van der Waals surface area contributed by atoms with Gasteiger partial charge in [0, 0.05) is 31.2 Å². The van der Waals surface area contributed by atoms with Crippen LogP contribution in [0.5, 0.6) is 0 Å². The second-order valence-corrected chi connectivity index (χ2v) is 7.52. The maximum atomic E-state index is 14.2. The van der Waals surface area contributed by atoms with Gasteiger partial charge in [-0.05, 0) is 61.8 Å². The number of hydrogen-bond donors (Lipinski definition) is 1. The van der Waals surface area contributed by atoms with E-state index in [9.17, 15) is 9.18 Å². The molecule has 0 aliphatic carbocycles. The number of halogens is 2. The molecular formula is C21H25ClFN3O. The van der Waals surface area contributed by atoms with Crippen LogP contribution >= 0.6 is 11.6 Å². The van der Waals surface area contributed by atoms with Crippen LogP contribution < -0.4 is 10.2 Å². The average molecular weight is 390 g/mol. The van der Waals surface area contributed by atoms with Gasteiger partial charge in [-0.25, -0.2) is 4.39 Å². The molecule has 2 aromatic rings. The van der Waals surface area contributed by atoms with E-state index in [1.807, 2.05) is 24.3 Å². The molecule has 2 aromatic carbocycles. The molecule has 1 amide bonds. The summed E-state index contributed by atoms with van der Waals surface area (Å²) in [5.74, 6) is -0.677. The summed E-state index contributed by atoms with van der Waals surface area (Å²) in [6.07, 6.45) is 2.31. The molecule has 1 N–H and O–H groups in total. The Morgan fingerprint density at radius 2 is 1.96 bits per heavy atom. The maximum absolute atomic E-state index is 14.2. The van der Waals surface area contributed by atoms with Gasteiger partial charge in [0.05, 0.1) is 11.7 Å². The predicted octanol–water partition coefficient (Wildman–Crippen LogP) is 4.11. The molecule has 144 valence electrons. The number of benzene rings is 2. The Morgan fingerprint density at radius 1 is 1.22 bits per heavy atom. The van der Waals surface area contributed by atoms with E-state index in [0.717, 1.165) is 31.5 Å². The summed E-state index contributed by atoms with van der Waals surface area (Å²) in [6.45, 7) is 2.45. The molecule has 3 rings (SSSR count). The lowest BCUT2D eigenvalue weighted by Gasteiger charge is -2.28. The van der Waals surface area contributed by atoms with Gasteiger partial charge in [-0.1, -0.05) is 23.7 Å². The number of nitrogens with zero attached hydrogens (tertiary/aromatic N) is 2. The van der Waals surface area contributed by atoms with Crippen molar-refractivity contribution in [3.05, 3.63) is 64.4 Å². The van der Waals surface area contributed by atoms with Crippen LogP contribution in [0.4, 0.5) is 10.1 Å². The third-order valence-electron chi connectivity index (χ3n) is 4.96. The van der Waals surface area contributed by atoms with Crippen LogP contribution in [0, 0.1) is 5.82 Å². The Balaban J connectivity index is 1.73. The van der Waals surface area contributed by atoms with Crippen molar-refractivity contribution in [2.45, 2.75) is 18.9 Å². The molecule has 27 heavy (non-hydrogen) atoms. The van der Waals surface area contributed by atoms with Crippen LogP contribution in [-0.4, -0.2) is 44.5 Å². The predicted molar refractivity (Wildman–Crippen MR) is 108 cm³/mol. The summed E-state index contributed by atoms with van der Waals surface area (Å²) in [4.78, 5) is 16.6. The molecule has 1 aliphatic heterocycles. The number of hydrogen-bond acceptors (Lipinski definition) is 3. The Hall–Kier alpha value is -2.11. The van der Waals surface area contributed by atoms with Crippen molar-refractivity contribution in [3.63, 3.8) is 0 Å². The van der Waals surface area contributed by atoms with Crippen molar-refractivity contribution in [3.8, 4) is 0 Å². The van der Waals surface area contributed by atoms with E-state index < -0.39 is 5.82 Å². The highest BCUT2D eigenvalue weighted by Crippen LogP contribution is 2.26. The summed E-state index contributed by atoms with van der Waals surface area (Å²) in [7, 11) is 3.54. The molecule has 1 fully saturated rings. The normalized spacial score (nSPS) is 15.6. The van der Waals surface area contributed by atoms with Gasteiger partial charge >= 0.3 is 0 Å². The highest BCUT2D eigenvalue weighted by atomic mass is 35.5. The number of carbonyl (C=O) groups excluding carboxylic acids is 1. The molecule has 0 spiro atoms. The summed E-state index contributed by atoms with van der Waals surface area (Å²) in [5.41, 5.74) is 1.86. The number of carbonyl (C=O) groups is 1. The minimum atomic E-state index is -0.404. The highest BCUT2D eigenvalue weighted by molar-refractivity contribution is 6.30. The van der Waals surface area contributed by atoms with Crippen LogP contribution in [0.15, 0.2) is 42.5 Å². The lowest BCUT2D eigenvalue weighted by atomic mass is 10.1. The molecule has 1 saturated heterocycles. The Labute approximate surface area is 164 Å². The first-order valence-electron chi connectivity index (χ1n) is 9.20. The lowest BCUT2D eigenvalue weighted by Crippen LogP contribution is -2.36. The topological polar surface area (TPSA) is 35.6 Å². The summed E-state index contributed by atoms with van der Waals surface area (Å²) in [6, 6.07) is 12.4. The summed E-state index contributed by atoms with van der Waals surface area (Å²) >= 11 is 6.16. The van der Waals surface area contributed by atoms with Crippen molar-refractivity contribution < 1.29 is 9.18 Å². The molecule has 4 nitrogen and oxygen atoms in total. The summed E-state index contributed by atoms with van der Waals surface area (Å²) < 4.78 is 14.2. The van der Waals surface area contributed by atoms with Gasteiger partial charge in [0.2, 0.25) is 0 Å². The third-order valence-corrected chi connectivity index (χ3v) is 5.20. The van der Waals surface area contributed by atoms with Gasteiger partial charge in [-0.2, -0.15) is 0 Å².